The summed E-state index contributed by atoms with van der Waals surface area (Å²) in [7, 11) is 1.73. The van der Waals surface area contributed by atoms with Gasteiger partial charge in [0.1, 0.15) is 36.8 Å². The molecule has 6 atom stereocenters. The van der Waals surface area contributed by atoms with Gasteiger partial charge in [0.15, 0.2) is 5.96 Å². The molecule has 0 unspecified atom stereocenters. The van der Waals surface area contributed by atoms with Gasteiger partial charge in [0.05, 0.1) is 39.3 Å². The molecule has 0 aromatic heterocycles. The van der Waals surface area contributed by atoms with Crippen molar-refractivity contribution in [3.8, 4) is 0 Å². The number of rotatable bonds is 31. The van der Waals surface area contributed by atoms with E-state index in [9.17, 15) is 82.8 Å². The fourth-order valence-electron chi connectivity index (χ4n) is 6.67. The van der Waals surface area contributed by atoms with Crippen molar-refractivity contribution in [3.05, 3.63) is 0 Å². The summed E-state index contributed by atoms with van der Waals surface area (Å²) >= 11 is 0. The van der Waals surface area contributed by atoms with Crippen molar-refractivity contribution < 1.29 is 93.0 Å². The Kier molecular flexibility index (Phi) is 31.0. The topological polar surface area (TPSA) is 502 Å². The van der Waals surface area contributed by atoms with E-state index in [1.54, 1.807) is 13.8 Å². The van der Waals surface area contributed by atoms with Crippen molar-refractivity contribution in [2.75, 3.05) is 90.0 Å². The zero-order chi connectivity index (χ0) is 56.8. The number of carbonyl (C=O) groups excluding carboxylic acids is 7. The average Bonchev–Trinajstić information content (AvgIpc) is 3.30. The Morgan fingerprint density at radius 1 is 0.613 bits per heavy atom. The van der Waals surface area contributed by atoms with Crippen molar-refractivity contribution >= 4 is 105 Å². The Balaban J connectivity index is 3.49. The van der Waals surface area contributed by atoms with Gasteiger partial charge in [-0.05, 0) is 25.2 Å². The van der Waals surface area contributed by atoms with Crippen LogP contribution in [0.2, 0.25) is 0 Å². The molecule has 1 aliphatic rings. The molecule has 0 aliphatic carbocycles. The summed E-state index contributed by atoms with van der Waals surface area (Å²) in [6, 6.07) is -7.50. The van der Waals surface area contributed by atoms with E-state index in [2.05, 4.69) is 42.2 Å². The van der Waals surface area contributed by atoms with Gasteiger partial charge in [0, 0.05) is 50.7 Å². The normalized spacial score (nSPS) is 19.2. The lowest BCUT2D eigenvalue weighted by atomic mass is 9.97. The molecule has 0 bridgehead atoms. The molecule has 0 aromatic rings. The lowest BCUT2D eigenvalue weighted by molar-refractivity contribution is -0.143. The zero-order valence-electron chi connectivity index (χ0n) is 41.1. The minimum Gasteiger partial charge on any atom is -0.481 e. The summed E-state index contributed by atoms with van der Waals surface area (Å²) in [5.74, 6) is -16.5. The fraction of sp³-hybridized carbons (Fsp3) is 0.659. The highest BCUT2D eigenvalue weighted by molar-refractivity contribution is 8.76. The number of nitrogens with one attached hydrogen (secondary N) is 7. The van der Waals surface area contributed by atoms with Crippen LogP contribution in [0.4, 0.5) is 0 Å². The maximum Gasteiger partial charge on any atom is 0.322 e. The third-order valence-electron chi connectivity index (χ3n) is 10.6. The molecule has 7 amide bonds. The second-order valence-corrected chi connectivity index (χ2v) is 19.3. The van der Waals surface area contributed by atoms with Gasteiger partial charge in [-0.2, -0.15) is 0 Å². The van der Waals surface area contributed by atoms with Crippen molar-refractivity contribution in [2.45, 2.75) is 76.2 Å². The first-order valence-corrected chi connectivity index (χ1v) is 25.5. The number of guanidine groups is 1. The van der Waals surface area contributed by atoms with E-state index < -0.39 is 172 Å². The van der Waals surface area contributed by atoms with E-state index in [0.717, 1.165) is 31.4 Å². The van der Waals surface area contributed by atoms with Crippen LogP contribution < -0.4 is 48.7 Å². The molecule has 1 aliphatic heterocycles. The van der Waals surface area contributed by atoms with E-state index >= 15 is 0 Å². The number of nitrogens with zero attached hydrogens (tertiary/aromatic N) is 4. The molecule has 422 valence electrons. The second kappa shape index (κ2) is 35.2. The quantitative estimate of drug-likeness (QED) is 0.0133. The van der Waals surface area contributed by atoms with Gasteiger partial charge in [0.25, 0.3) is 0 Å². The standard InChI is InChI=1S/C41H67N13O19S2/c1-3-22(2)35-40(73)49-23(5-4-8-44-41(42)43)37(70)48-24(6-7-29(57)58)38(71)50-25(36(69)46-14-30(59)60)20-74-75-21-26(39(72)51-35)47-27(55)13-45-28(56)15-53(17-32(63)64)11-9-52(16-31(61)62)10-12-54(18-33(65)66)19-34(67)68/h22-26,35H,3-21H2,1-2H3,(H,45,56)(H,46,69)(H,47,55)(H,48,70)(H,49,73)(H,50,71)(H,51,72)(H,57,58)(H,59,60)(H,61,62)(H,63,64)(H,65,66)(H,67,68)(H4,42,43,44)/t22-,23-,24-,25-,26-,35-/m0/s1. The van der Waals surface area contributed by atoms with Crippen LogP contribution in [0.5, 0.6) is 0 Å². The maximum atomic E-state index is 14.1. The van der Waals surface area contributed by atoms with Crippen molar-refractivity contribution in [3.63, 3.8) is 0 Å². The smallest absolute Gasteiger partial charge is 0.322 e. The predicted octanol–water partition coefficient (Wildman–Crippen LogP) is -6.67. The second-order valence-electron chi connectivity index (χ2n) is 16.8. The van der Waals surface area contributed by atoms with Crippen LogP contribution in [0.3, 0.4) is 0 Å². The van der Waals surface area contributed by atoms with Gasteiger partial charge in [-0.1, -0.05) is 41.9 Å². The largest absolute Gasteiger partial charge is 0.481 e. The number of hydrogen-bond acceptors (Lipinski definition) is 19. The Morgan fingerprint density at radius 2 is 1.12 bits per heavy atom. The first-order chi connectivity index (χ1) is 35.2. The number of carboxylic acid groups (broad SMARTS) is 6. The molecule has 1 fully saturated rings. The number of aliphatic imine (C=N–C) groups is 1. The molecular weight excluding hydrogens is 1040 g/mol. The third-order valence-corrected chi connectivity index (χ3v) is 13.0. The van der Waals surface area contributed by atoms with Crippen LogP contribution in [-0.2, 0) is 62.3 Å². The Morgan fingerprint density at radius 3 is 1.65 bits per heavy atom. The number of carboxylic acids is 6. The molecule has 34 heteroatoms. The summed E-state index contributed by atoms with van der Waals surface area (Å²) in [5, 5.41) is 72.6. The van der Waals surface area contributed by atoms with Gasteiger partial charge in [0.2, 0.25) is 41.4 Å². The van der Waals surface area contributed by atoms with Gasteiger partial charge >= 0.3 is 35.8 Å². The van der Waals surface area contributed by atoms with Crippen LogP contribution in [0.1, 0.15) is 46.0 Å². The Hall–Kier alpha value is -7.04. The number of aliphatic carboxylic acids is 6. The van der Waals surface area contributed by atoms with Crippen molar-refractivity contribution in [1.29, 1.82) is 0 Å². The van der Waals surface area contributed by atoms with Crippen LogP contribution in [-0.4, -0.2) is 249 Å². The molecule has 17 N–H and O–H groups in total. The maximum absolute atomic E-state index is 14.1. The van der Waals surface area contributed by atoms with Crippen molar-refractivity contribution in [2.24, 2.45) is 22.4 Å². The van der Waals surface area contributed by atoms with E-state index in [4.69, 9.17) is 21.7 Å². The van der Waals surface area contributed by atoms with E-state index in [1.807, 2.05) is 0 Å². The highest BCUT2D eigenvalue weighted by Crippen LogP contribution is 2.24. The number of hydrogen-bond donors (Lipinski definition) is 15. The summed E-state index contributed by atoms with van der Waals surface area (Å²) in [4.78, 5) is 171. The van der Waals surface area contributed by atoms with E-state index in [0.29, 0.717) is 0 Å². The first kappa shape index (κ1) is 66.0. The minimum absolute atomic E-state index is 0.0225. The summed E-state index contributed by atoms with van der Waals surface area (Å²) in [5.41, 5.74) is 10.8. The summed E-state index contributed by atoms with van der Waals surface area (Å²) in [6.45, 7) is -2.56. The molecule has 0 radical (unpaired) electrons. The summed E-state index contributed by atoms with van der Waals surface area (Å²) < 4.78 is 0. The highest BCUT2D eigenvalue weighted by Gasteiger charge is 2.35. The Labute approximate surface area is 437 Å². The molecule has 32 nitrogen and oxygen atoms in total. The Bertz CT molecular complexity index is 2050. The van der Waals surface area contributed by atoms with Crippen LogP contribution in [0.15, 0.2) is 4.99 Å². The van der Waals surface area contributed by atoms with Crippen LogP contribution in [0.25, 0.3) is 0 Å². The van der Waals surface area contributed by atoms with Gasteiger partial charge < -0.3 is 79.3 Å². The fourth-order valence-corrected chi connectivity index (χ4v) is 8.99. The molecule has 0 saturated carbocycles. The molecule has 1 rings (SSSR count). The van der Waals surface area contributed by atoms with Gasteiger partial charge in [-0.15, -0.1) is 0 Å². The number of amides is 7. The number of carbonyl (C=O) groups is 13. The van der Waals surface area contributed by atoms with Crippen molar-refractivity contribution in [1.82, 2.24) is 51.9 Å². The molecule has 1 heterocycles. The zero-order valence-corrected chi connectivity index (χ0v) is 42.8. The number of nitrogens with two attached hydrogens (primary N) is 2. The monoisotopic (exact) mass is 1110 g/mol. The SMILES string of the molecule is CC[C@H](C)[C@@H]1NC(=O)[C@@H](NC(=O)CNC(=O)CN(CCN(CCN(CC(=O)O)CC(=O)O)CC(=O)O)CC(=O)O)CSSC[C@@H](C(=O)NCC(=O)O)NC(=O)[C@H](CCC(=O)O)NC(=O)[C@H](CCCN=C(N)N)NC1=O. The van der Waals surface area contributed by atoms with Gasteiger partial charge in [-0.25, -0.2) is 0 Å². The minimum atomic E-state index is -1.61. The lowest BCUT2D eigenvalue weighted by Crippen LogP contribution is -2.60. The third kappa shape index (κ3) is 29.4. The predicted molar refractivity (Wildman–Crippen MR) is 264 cm³/mol. The first-order valence-electron chi connectivity index (χ1n) is 23.0. The summed E-state index contributed by atoms with van der Waals surface area (Å²) in [6.07, 6.45) is -0.944. The van der Waals surface area contributed by atoms with E-state index in [1.165, 1.54) is 4.90 Å². The highest BCUT2D eigenvalue weighted by atomic mass is 33.1. The van der Waals surface area contributed by atoms with Crippen LogP contribution in [0, 0.1) is 5.92 Å². The molecule has 75 heavy (non-hydrogen) atoms. The molecule has 0 spiro atoms. The van der Waals surface area contributed by atoms with Gasteiger partial charge in [-0.3, -0.25) is 82.0 Å². The molecular formula is C41H67N13O19S2. The molecule has 0 aromatic carbocycles. The average molecular weight is 1110 g/mol. The molecule has 1 saturated heterocycles. The lowest BCUT2D eigenvalue weighted by Gasteiger charge is -2.29. The van der Waals surface area contributed by atoms with E-state index in [-0.39, 0.29) is 69.5 Å². The van der Waals surface area contributed by atoms with Crippen LogP contribution >= 0.6 is 21.6 Å².